The highest BCUT2D eigenvalue weighted by Crippen LogP contribution is 2.24. The molecule has 0 fully saturated rings. The first-order chi connectivity index (χ1) is 11.1. The molecule has 0 aliphatic carbocycles. The standard InChI is InChI=1S/C18H17ClN4/c1-12-13(2)18(21-16-5-3-4-15(19)11-16)23-22-17(12)10-14-6-8-20-9-7-14/h3-9,11H,10H2,1-2H3,(H,21,23). The van der Waals surface area contributed by atoms with E-state index < -0.39 is 0 Å². The maximum absolute atomic E-state index is 6.02. The van der Waals surface area contributed by atoms with E-state index in [2.05, 4.69) is 27.4 Å². The SMILES string of the molecule is Cc1c(Cc2ccncc2)nnc(Nc2cccc(Cl)c2)c1C. The summed E-state index contributed by atoms with van der Waals surface area (Å²) >= 11 is 6.02. The molecule has 1 aromatic carbocycles. The normalized spacial score (nSPS) is 10.6. The Morgan fingerprint density at radius 3 is 2.52 bits per heavy atom. The molecule has 1 N–H and O–H groups in total. The Morgan fingerprint density at radius 2 is 1.78 bits per heavy atom. The lowest BCUT2D eigenvalue weighted by atomic mass is 10.0. The molecule has 116 valence electrons. The average molecular weight is 325 g/mol. The van der Waals surface area contributed by atoms with Gasteiger partial charge in [0.2, 0.25) is 0 Å². The van der Waals surface area contributed by atoms with Crippen LogP contribution in [0.1, 0.15) is 22.4 Å². The second-order valence-corrected chi connectivity index (χ2v) is 5.85. The first-order valence-electron chi connectivity index (χ1n) is 7.38. The summed E-state index contributed by atoms with van der Waals surface area (Å²) < 4.78 is 0. The third-order valence-electron chi connectivity index (χ3n) is 3.83. The van der Waals surface area contributed by atoms with Crippen LogP contribution >= 0.6 is 11.6 Å². The highest BCUT2D eigenvalue weighted by Gasteiger charge is 2.10. The molecule has 3 aromatic rings. The van der Waals surface area contributed by atoms with Crippen molar-refractivity contribution in [3.8, 4) is 0 Å². The molecule has 0 atom stereocenters. The van der Waals surface area contributed by atoms with Crippen LogP contribution in [0.3, 0.4) is 0 Å². The zero-order valence-electron chi connectivity index (χ0n) is 13.0. The van der Waals surface area contributed by atoms with Crippen LogP contribution in [0.2, 0.25) is 5.02 Å². The summed E-state index contributed by atoms with van der Waals surface area (Å²) in [6.45, 7) is 4.12. The smallest absolute Gasteiger partial charge is 0.156 e. The van der Waals surface area contributed by atoms with Crippen molar-refractivity contribution in [2.45, 2.75) is 20.3 Å². The van der Waals surface area contributed by atoms with E-state index in [1.807, 2.05) is 43.3 Å². The summed E-state index contributed by atoms with van der Waals surface area (Å²) in [5, 5.41) is 12.7. The zero-order valence-corrected chi connectivity index (χ0v) is 13.8. The Hall–Kier alpha value is -2.46. The van der Waals surface area contributed by atoms with Crippen molar-refractivity contribution in [2.75, 3.05) is 5.32 Å². The van der Waals surface area contributed by atoms with Gasteiger partial charge in [-0.3, -0.25) is 4.98 Å². The molecule has 3 rings (SSSR count). The molecule has 0 radical (unpaired) electrons. The quantitative estimate of drug-likeness (QED) is 0.769. The number of benzene rings is 1. The Balaban J connectivity index is 1.85. The minimum atomic E-state index is 0.687. The van der Waals surface area contributed by atoms with Gasteiger partial charge in [-0.25, -0.2) is 0 Å². The van der Waals surface area contributed by atoms with Crippen LogP contribution in [0.5, 0.6) is 0 Å². The lowest BCUT2D eigenvalue weighted by Gasteiger charge is -2.13. The molecule has 23 heavy (non-hydrogen) atoms. The van der Waals surface area contributed by atoms with Crippen LogP contribution in [0, 0.1) is 13.8 Å². The van der Waals surface area contributed by atoms with Gasteiger partial charge in [0.05, 0.1) is 5.69 Å². The third-order valence-corrected chi connectivity index (χ3v) is 4.06. The summed E-state index contributed by atoms with van der Waals surface area (Å²) in [5.74, 6) is 0.753. The first-order valence-corrected chi connectivity index (χ1v) is 7.75. The van der Waals surface area contributed by atoms with E-state index in [1.54, 1.807) is 12.4 Å². The molecule has 2 heterocycles. The van der Waals surface area contributed by atoms with Crippen LogP contribution in [0.4, 0.5) is 11.5 Å². The molecule has 4 nitrogen and oxygen atoms in total. The Kier molecular flexibility index (Phi) is 4.53. The number of rotatable bonds is 4. The number of nitrogens with zero attached hydrogens (tertiary/aromatic N) is 3. The van der Waals surface area contributed by atoms with Gasteiger partial charge >= 0.3 is 0 Å². The van der Waals surface area contributed by atoms with Crippen molar-refractivity contribution in [3.63, 3.8) is 0 Å². The summed E-state index contributed by atoms with van der Waals surface area (Å²) in [5.41, 5.74) is 5.28. The minimum Gasteiger partial charge on any atom is -0.338 e. The number of aromatic nitrogens is 3. The van der Waals surface area contributed by atoms with Crippen LogP contribution < -0.4 is 5.32 Å². The first kappa shape index (κ1) is 15.4. The van der Waals surface area contributed by atoms with Gasteiger partial charge in [-0.15, -0.1) is 5.10 Å². The Labute approximate surface area is 140 Å². The summed E-state index contributed by atoms with van der Waals surface area (Å²) in [7, 11) is 0. The minimum absolute atomic E-state index is 0.687. The van der Waals surface area contributed by atoms with E-state index in [-0.39, 0.29) is 0 Å². The fraction of sp³-hybridized carbons (Fsp3) is 0.167. The van der Waals surface area contributed by atoms with Crippen molar-refractivity contribution in [3.05, 3.63) is 76.2 Å². The molecular weight excluding hydrogens is 308 g/mol. The van der Waals surface area contributed by atoms with Crippen molar-refractivity contribution in [1.29, 1.82) is 0 Å². The van der Waals surface area contributed by atoms with Crippen LogP contribution in [0.15, 0.2) is 48.8 Å². The number of halogens is 1. The van der Waals surface area contributed by atoms with Gasteiger partial charge in [0, 0.05) is 29.5 Å². The molecule has 0 aliphatic rings. The van der Waals surface area contributed by atoms with Gasteiger partial charge in [0.25, 0.3) is 0 Å². The number of pyridine rings is 1. The lowest BCUT2D eigenvalue weighted by molar-refractivity contribution is 0.909. The molecule has 5 heteroatoms. The topological polar surface area (TPSA) is 50.7 Å². The van der Waals surface area contributed by atoms with Crippen molar-refractivity contribution in [2.24, 2.45) is 0 Å². The maximum Gasteiger partial charge on any atom is 0.156 e. The number of hydrogen-bond acceptors (Lipinski definition) is 4. The van der Waals surface area contributed by atoms with Gasteiger partial charge < -0.3 is 5.32 Å². The molecule has 0 spiro atoms. The van der Waals surface area contributed by atoms with Crippen molar-refractivity contribution in [1.82, 2.24) is 15.2 Å². The van der Waals surface area contributed by atoms with E-state index in [9.17, 15) is 0 Å². The van der Waals surface area contributed by atoms with Gasteiger partial charge in [-0.05, 0) is 60.9 Å². The number of anilines is 2. The van der Waals surface area contributed by atoms with E-state index in [0.29, 0.717) is 5.02 Å². The van der Waals surface area contributed by atoms with Gasteiger partial charge in [-0.1, -0.05) is 17.7 Å². The summed E-state index contributed by atoms with van der Waals surface area (Å²) in [4.78, 5) is 4.04. The molecule has 0 saturated heterocycles. The predicted molar refractivity (Wildman–Crippen MR) is 93.3 cm³/mol. The largest absolute Gasteiger partial charge is 0.338 e. The molecule has 0 aliphatic heterocycles. The second-order valence-electron chi connectivity index (χ2n) is 5.41. The molecule has 2 aromatic heterocycles. The molecule has 0 unspecified atom stereocenters. The monoisotopic (exact) mass is 324 g/mol. The molecule has 0 amide bonds. The molecule has 0 saturated carbocycles. The highest BCUT2D eigenvalue weighted by molar-refractivity contribution is 6.30. The number of nitrogens with one attached hydrogen (secondary N) is 1. The van der Waals surface area contributed by atoms with Crippen LogP contribution in [0.25, 0.3) is 0 Å². The molecular formula is C18H17ClN4. The maximum atomic E-state index is 6.02. The van der Waals surface area contributed by atoms with Crippen LogP contribution in [-0.2, 0) is 6.42 Å². The Bertz CT molecular complexity index is 819. The Morgan fingerprint density at radius 1 is 1.00 bits per heavy atom. The van der Waals surface area contributed by atoms with Gasteiger partial charge in [0.15, 0.2) is 5.82 Å². The van der Waals surface area contributed by atoms with Crippen LogP contribution in [-0.4, -0.2) is 15.2 Å². The van der Waals surface area contributed by atoms with Crippen molar-refractivity contribution >= 4 is 23.1 Å². The predicted octanol–water partition coefficient (Wildman–Crippen LogP) is 4.48. The van der Waals surface area contributed by atoms with E-state index in [0.717, 1.165) is 34.7 Å². The fourth-order valence-corrected chi connectivity index (χ4v) is 2.53. The lowest BCUT2D eigenvalue weighted by Crippen LogP contribution is -2.06. The molecule has 0 bridgehead atoms. The highest BCUT2D eigenvalue weighted by atomic mass is 35.5. The van der Waals surface area contributed by atoms with E-state index in [4.69, 9.17) is 11.6 Å². The number of hydrogen-bond donors (Lipinski definition) is 1. The fourth-order valence-electron chi connectivity index (χ4n) is 2.34. The van der Waals surface area contributed by atoms with Gasteiger partial charge in [0.1, 0.15) is 0 Å². The van der Waals surface area contributed by atoms with E-state index >= 15 is 0 Å². The van der Waals surface area contributed by atoms with Gasteiger partial charge in [-0.2, -0.15) is 5.10 Å². The summed E-state index contributed by atoms with van der Waals surface area (Å²) in [6, 6.07) is 11.5. The second kappa shape index (κ2) is 6.75. The zero-order chi connectivity index (χ0) is 16.2. The van der Waals surface area contributed by atoms with E-state index in [1.165, 1.54) is 5.56 Å². The van der Waals surface area contributed by atoms with Crippen molar-refractivity contribution < 1.29 is 0 Å². The summed E-state index contributed by atoms with van der Waals surface area (Å²) in [6.07, 6.45) is 4.33. The average Bonchev–Trinajstić information content (AvgIpc) is 2.56. The third kappa shape index (κ3) is 3.66.